The Morgan fingerprint density at radius 1 is 1.07 bits per heavy atom. The average molecular weight is 407 g/mol. The number of anilines is 1. The number of hydrogen-bond acceptors (Lipinski definition) is 4. The number of nitrogens with two attached hydrogens (primary N) is 1. The lowest BCUT2D eigenvalue weighted by atomic mass is 9.89. The average Bonchev–Trinajstić information content (AvgIpc) is 2.76. The summed E-state index contributed by atoms with van der Waals surface area (Å²) < 4.78 is 13.2. The summed E-state index contributed by atoms with van der Waals surface area (Å²) in [5.41, 5.74) is 10.3. The zero-order valence-corrected chi connectivity index (χ0v) is 17.1. The van der Waals surface area contributed by atoms with E-state index in [0.29, 0.717) is 42.5 Å². The predicted molar refractivity (Wildman–Crippen MR) is 117 cm³/mol. The van der Waals surface area contributed by atoms with Crippen LogP contribution in [0.5, 0.6) is 0 Å². The summed E-state index contributed by atoms with van der Waals surface area (Å²) in [5.74, 6) is 0.114. The van der Waals surface area contributed by atoms with Crippen molar-refractivity contribution in [1.82, 2.24) is 9.80 Å². The Bertz CT molecular complexity index is 960. The van der Waals surface area contributed by atoms with E-state index in [1.807, 2.05) is 65.5 Å². The molecule has 2 aliphatic rings. The maximum absolute atomic E-state index is 13.4. The molecule has 0 radical (unpaired) electrons. The fourth-order valence-electron chi connectivity index (χ4n) is 4.15. The van der Waals surface area contributed by atoms with E-state index in [1.165, 1.54) is 12.1 Å². The van der Waals surface area contributed by atoms with Gasteiger partial charge in [-0.2, -0.15) is 0 Å². The maximum atomic E-state index is 13.4. The van der Waals surface area contributed by atoms with E-state index < -0.39 is 0 Å². The summed E-state index contributed by atoms with van der Waals surface area (Å²) in [6.45, 7) is 1.90. The minimum atomic E-state index is -0.220. The molecule has 4 rings (SSSR count). The maximum Gasteiger partial charge on any atom is 0.257 e. The molecule has 30 heavy (non-hydrogen) atoms. The van der Waals surface area contributed by atoms with Gasteiger partial charge in [0, 0.05) is 32.0 Å². The summed E-state index contributed by atoms with van der Waals surface area (Å²) in [7, 11) is 1.92. The highest BCUT2D eigenvalue weighted by Gasteiger charge is 2.30. The van der Waals surface area contributed by atoms with Crippen LogP contribution in [0, 0.1) is 5.82 Å². The molecule has 0 aliphatic carbocycles. The topological polar surface area (TPSA) is 61.6 Å². The zero-order valence-electron chi connectivity index (χ0n) is 17.1. The molecule has 2 heterocycles. The normalized spacial score (nSPS) is 17.7. The minimum absolute atomic E-state index is 0.0134. The minimum Gasteiger partial charge on any atom is -0.399 e. The van der Waals surface area contributed by atoms with Crippen molar-refractivity contribution in [3.05, 3.63) is 89.1 Å². The molecular weight excluding hydrogens is 379 g/mol. The van der Waals surface area contributed by atoms with Gasteiger partial charge in [0.15, 0.2) is 0 Å². The number of hydrogen-bond donors (Lipinski definition) is 2. The van der Waals surface area contributed by atoms with Gasteiger partial charge in [-0.15, -0.1) is 0 Å². The number of nitrogens with one attached hydrogen (secondary N) is 1. The van der Waals surface area contributed by atoms with Crippen molar-refractivity contribution in [2.45, 2.75) is 18.8 Å². The van der Waals surface area contributed by atoms with E-state index in [0.717, 1.165) is 24.1 Å². The van der Waals surface area contributed by atoms with Crippen LogP contribution in [-0.4, -0.2) is 42.4 Å². The van der Waals surface area contributed by atoms with Crippen molar-refractivity contribution in [2.75, 3.05) is 32.0 Å². The lowest BCUT2D eigenvalue weighted by Gasteiger charge is -2.35. The highest BCUT2D eigenvalue weighted by Crippen LogP contribution is 2.30. The fraction of sp³-hybridized carbons (Fsp3) is 0.292. The number of carbonyl (C=O) groups excluding carboxylic acids is 1. The van der Waals surface area contributed by atoms with Crippen LogP contribution in [-0.2, 0) is 4.79 Å². The van der Waals surface area contributed by atoms with Crippen LogP contribution in [0.15, 0.2) is 77.8 Å². The number of piperidine rings is 1. The molecule has 2 aromatic carbocycles. The van der Waals surface area contributed by atoms with Gasteiger partial charge in [-0.1, -0.05) is 30.3 Å². The van der Waals surface area contributed by atoms with Gasteiger partial charge in [-0.05, 0) is 48.6 Å². The van der Waals surface area contributed by atoms with Gasteiger partial charge in [0.25, 0.3) is 5.91 Å². The van der Waals surface area contributed by atoms with Gasteiger partial charge in [0.1, 0.15) is 5.82 Å². The molecule has 2 aliphatic heterocycles. The van der Waals surface area contributed by atoms with E-state index in [4.69, 9.17) is 5.73 Å². The molecule has 1 fully saturated rings. The largest absolute Gasteiger partial charge is 0.399 e. The number of nitrogens with zero attached hydrogens (tertiary/aromatic N) is 2. The monoisotopic (exact) mass is 406 g/mol. The molecular formula is C24H27FN4O. The number of rotatable bonds is 4. The number of carbonyl (C=O) groups is 1. The van der Waals surface area contributed by atoms with Crippen LogP contribution in [0.3, 0.4) is 0 Å². The third-order valence-corrected chi connectivity index (χ3v) is 5.76. The van der Waals surface area contributed by atoms with Gasteiger partial charge < -0.3 is 20.9 Å². The van der Waals surface area contributed by atoms with E-state index in [1.54, 1.807) is 0 Å². The van der Waals surface area contributed by atoms with Gasteiger partial charge >= 0.3 is 0 Å². The Balaban J connectivity index is 1.48. The Morgan fingerprint density at radius 3 is 2.40 bits per heavy atom. The molecule has 0 unspecified atom stereocenters. The molecule has 0 atom stereocenters. The molecule has 1 amide bonds. The molecule has 1 saturated heterocycles. The molecule has 156 valence electrons. The molecule has 0 bridgehead atoms. The summed E-state index contributed by atoms with van der Waals surface area (Å²) in [6.07, 6.45) is 3.60. The summed E-state index contributed by atoms with van der Waals surface area (Å²) in [5, 5.41) is 3.34. The van der Waals surface area contributed by atoms with Crippen LogP contribution < -0.4 is 11.1 Å². The second-order valence-corrected chi connectivity index (χ2v) is 7.97. The first kappa shape index (κ1) is 20.0. The van der Waals surface area contributed by atoms with Crippen molar-refractivity contribution in [1.29, 1.82) is 0 Å². The van der Waals surface area contributed by atoms with Gasteiger partial charge in [-0.3, -0.25) is 4.79 Å². The molecule has 3 N–H and O–H groups in total. The number of halogens is 1. The first-order valence-electron chi connectivity index (χ1n) is 10.3. The van der Waals surface area contributed by atoms with E-state index in [9.17, 15) is 9.18 Å². The Hall–Kier alpha value is -3.28. The van der Waals surface area contributed by atoms with Gasteiger partial charge in [0.2, 0.25) is 0 Å². The number of benzene rings is 2. The Kier molecular flexibility index (Phi) is 5.74. The van der Waals surface area contributed by atoms with Gasteiger partial charge in [0.05, 0.1) is 23.5 Å². The van der Waals surface area contributed by atoms with Crippen LogP contribution >= 0.6 is 0 Å². The first-order valence-corrected chi connectivity index (χ1v) is 10.3. The van der Waals surface area contributed by atoms with E-state index in [-0.39, 0.29) is 11.7 Å². The number of likely N-dealkylation sites (N-methyl/N-ethyl adjacent to an activating group) is 1. The lowest BCUT2D eigenvalue weighted by Crippen LogP contribution is -2.41. The first-order chi connectivity index (χ1) is 14.5. The third-order valence-electron chi connectivity index (χ3n) is 5.76. The van der Waals surface area contributed by atoms with Crippen molar-refractivity contribution in [2.24, 2.45) is 5.73 Å². The van der Waals surface area contributed by atoms with Crippen molar-refractivity contribution >= 4 is 11.6 Å². The van der Waals surface area contributed by atoms with Crippen molar-refractivity contribution < 1.29 is 9.18 Å². The number of likely N-dealkylation sites (tertiary alicyclic amines) is 1. The lowest BCUT2D eigenvalue weighted by molar-refractivity contribution is -0.128. The van der Waals surface area contributed by atoms with E-state index >= 15 is 0 Å². The molecule has 0 spiro atoms. The molecule has 6 heteroatoms. The van der Waals surface area contributed by atoms with Crippen LogP contribution in [0.2, 0.25) is 0 Å². The molecule has 0 aromatic heterocycles. The summed E-state index contributed by atoms with van der Waals surface area (Å²) >= 11 is 0. The fourth-order valence-corrected chi connectivity index (χ4v) is 4.15. The molecule has 0 saturated carbocycles. The highest BCUT2D eigenvalue weighted by molar-refractivity contribution is 5.99. The van der Waals surface area contributed by atoms with E-state index in [2.05, 4.69) is 5.32 Å². The van der Waals surface area contributed by atoms with Crippen LogP contribution in [0.4, 0.5) is 10.1 Å². The predicted octanol–water partition coefficient (Wildman–Crippen LogP) is 3.64. The number of amides is 1. The third kappa shape index (κ3) is 4.32. The van der Waals surface area contributed by atoms with Crippen LogP contribution in [0.25, 0.3) is 0 Å². The Morgan fingerprint density at radius 2 is 1.73 bits per heavy atom. The second kappa shape index (κ2) is 8.61. The molecule has 5 nitrogen and oxygen atoms in total. The zero-order chi connectivity index (χ0) is 21.1. The summed E-state index contributed by atoms with van der Waals surface area (Å²) in [6, 6.07) is 16.4. The summed E-state index contributed by atoms with van der Waals surface area (Å²) in [4.78, 5) is 17.2. The smallest absolute Gasteiger partial charge is 0.257 e. The second-order valence-electron chi connectivity index (χ2n) is 7.97. The van der Waals surface area contributed by atoms with Gasteiger partial charge in [-0.25, -0.2) is 4.39 Å². The SMILES string of the molecule is CN1C=C(C(=O)N2CCC(c3ccc(F)cc3)CC2)C(Nc2ccccc2)=C(N)C1. The Labute approximate surface area is 176 Å². The highest BCUT2D eigenvalue weighted by atomic mass is 19.1. The standard InChI is InChI=1S/C24H27FN4O/c1-28-15-21(23(22(26)16-28)27-20-5-3-2-4-6-20)24(30)29-13-11-18(12-14-29)17-7-9-19(25)10-8-17/h2-10,15,18,27H,11-14,16,26H2,1H3. The quantitative estimate of drug-likeness (QED) is 0.814. The molecule has 2 aromatic rings. The van der Waals surface area contributed by atoms with Crippen molar-refractivity contribution in [3.8, 4) is 0 Å². The van der Waals surface area contributed by atoms with Crippen LogP contribution in [0.1, 0.15) is 24.3 Å². The number of para-hydroxylation sites is 1. The van der Waals surface area contributed by atoms with Crippen molar-refractivity contribution in [3.63, 3.8) is 0 Å².